The Labute approximate surface area is 169 Å². The molecular formula is C19H25N5O3S. The molecule has 0 saturated carbocycles. The van der Waals surface area contributed by atoms with Crippen LogP contribution in [0.25, 0.3) is 0 Å². The molecule has 4 rings (SSSR count). The van der Waals surface area contributed by atoms with Crippen molar-refractivity contribution in [3.05, 3.63) is 35.0 Å². The lowest BCUT2D eigenvalue weighted by Gasteiger charge is -2.35. The Kier molecular flexibility index (Phi) is 5.63. The number of nitrogens with zero attached hydrogens (tertiary/aromatic N) is 5. The van der Waals surface area contributed by atoms with E-state index in [4.69, 9.17) is 21.4 Å². The van der Waals surface area contributed by atoms with E-state index in [9.17, 15) is 4.79 Å². The molecule has 1 aromatic heterocycles. The van der Waals surface area contributed by atoms with Gasteiger partial charge in [-0.25, -0.2) is 4.68 Å². The van der Waals surface area contributed by atoms with Crippen molar-refractivity contribution in [2.45, 2.75) is 26.1 Å². The number of methoxy groups -OCH3 is 1. The third-order valence-electron chi connectivity index (χ3n) is 5.29. The van der Waals surface area contributed by atoms with Crippen LogP contribution in [0.5, 0.6) is 5.75 Å². The van der Waals surface area contributed by atoms with E-state index in [1.807, 2.05) is 12.1 Å². The van der Waals surface area contributed by atoms with Gasteiger partial charge in [-0.2, -0.15) is 0 Å². The van der Waals surface area contributed by atoms with Gasteiger partial charge in [0.25, 0.3) is 4.84 Å². The zero-order valence-corrected chi connectivity index (χ0v) is 16.9. The van der Waals surface area contributed by atoms with E-state index in [0.717, 1.165) is 44.9 Å². The molecular weight excluding hydrogens is 378 g/mol. The standard InChI is InChI=1S/C19H25N5O3S/c1-26-16-6-4-15(5-7-16)22-11-9-21(10-12-22)14-24-19(28)27-17(20-24)13-23-8-2-3-18(23)25/h4-7H,2-3,8-14H2,1H3. The lowest BCUT2D eigenvalue weighted by molar-refractivity contribution is -0.128. The zero-order valence-electron chi connectivity index (χ0n) is 16.0. The van der Waals surface area contributed by atoms with E-state index >= 15 is 0 Å². The molecule has 2 saturated heterocycles. The van der Waals surface area contributed by atoms with Crippen LogP contribution in [-0.4, -0.2) is 65.3 Å². The minimum absolute atomic E-state index is 0.158. The summed E-state index contributed by atoms with van der Waals surface area (Å²) in [6, 6.07) is 8.16. The Bertz CT molecular complexity index is 870. The number of carbonyl (C=O) groups is 1. The number of amides is 1. The summed E-state index contributed by atoms with van der Waals surface area (Å²) in [6.07, 6.45) is 1.51. The lowest BCUT2D eigenvalue weighted by atomic mass is 10.2. The molecule has 150 valence electrons. The molecule has 0 unspecified atom stereocenters. The van der Waals surface area contributed by atoms with Gasteiger partial charge in [-0.1, -0.05) is 0 Å². The summed E-state index contributed by atoms with van der Waals surface area (Å²) in [4.78, 5) is 18.6. The highest BCUT2D eigenvalue weighted by molar-refractivity contribution is 7.71. The van der Waals surface area contributed by atoms with Gasteiger partial charge in [-0.05, 0) is 42.9 Å². The van der Waals surface area contributed by atoms with Crippen LogP contribution in [0, 0.1) is 4.84 Å². The highest BCUT2D eigenvalue weighted by Gasteiger charge is 2.23. The molecule has 2 fully saturated rings. The third-order valence-corrected chi connectivity index (χ3v) is 5.58. The van der Waals surface area contributed by atoms with Gasteiger partial charge in [-0.3, -0.25) is 9.69 Å². The smallest absolute Gasteiger partial charge is 0.288 e. The summed E-state index contributed by atoms with van der Waals surface area (Å²) in [5.41, 5.74) is 1.20. The molecule has 1 amide bonds. The summed E-state index contributed by atoms with van der Waals surface area (Å²) >= 11 is 5.32. The number of likely N-dealkylation sites (tertiary alicyclic amines) is 1. The van der Waals surface area contributed by atoms with Crippen LogP contribution in [0.4, 0.5) is 5.69 Å². The van der Waals surface area contributed by atoms with Crippen molar-refractivity contribution in [2.24, 2.45) is 0 Å². The minimum atomic E-state index is 0.158. The minimum Gasteiger partial charge on any atom is -0.497 e. The van der Waals surface area contributed by atoms with E-state index < -0.39 is 0 Å². The quantitative estimate of drug-likeness (QED) is 0.685. The van der Waals surface area contributed by atoms with Crippen LogP contribution < -0.4 is 9.64 Å². The van der Waals surface area contributed by atoms with Gasteiger partial charge in [0.15, 0.2) is 0 Å². The van der Waals surface area contributed by atoms with E-state index in [-0.39, 0.29) is 5.91 Å². The Balaban J connectivity index is 1.32. The van der Waals surface area contributed by atoms with Crippen molar-refractivity contribution in [1.29, 1.82) is 0 Å². The molecule has 3 heterocycles. The molecule has 2 aliphatic heterocycles. The Hall–Kier alpha value is -2.39. The normalized spacial score (nSPS) is 18.1. The molecule has 0 atom stereocenters. The third kappa shape index (κ3) is 4.20. The molecule has 0 spiro atoms. The number of carbonyl (C=O) groups excluding carboxylic acids is 1. The van der Waals surface area contributed by atoms with Gasteiger partial charge in [0.1, 0.15) is 5.75 Å². The fourth-order valence-electron chi connectivity index (χ4n) is 3.67. The number of aromatic nitrogens is 2. The van der Waals surface area contributed by atoms with Gasteiger partial charge < -0.3 is 19.0 Å². The maximum atomic E-state index is 11.8. The summed E-state index contributed by atoms with van der Waals surface area (Å²) in [7, 11) is 1.68. The molecule has 0 aliphatic carbocycles. The average Bonchev–Trinajstić information content (AvgIpc) is 3.28. The SMILES string of the molecule is COc1ccc(N2CCN(Cn3nc(CN4CCCC4=O)oc3=S)CC2)cc1. The van der Waals surface area contributed by atoms with Gasteiger partial charge >= 0.3 is 0 Å². The first-order valence-electron chi connectivity index (χ1n) is 9.58. The van der Waals surface area contributed by atoms with Gasteiger partial charge in [0, 0.05) is 44.8 Å². The number of hydrogen-bond donors (Lipinski definition) is 0. The first-order valence-corrected chi connectivity index (χ1v) is 9.99. The molecule has 2 aromatic rings. The maximum Gasteiger partial charge on any atom is 0.288 e. The molecule has 0 bridgehead atoms. The number of anilines is 1. The summed E-state index contributed by atoms with van der Waals surface area (Å²) < 4.78 is 12.5. The van der Waals surface area contributed by atoms with Gasteiger partial charge in [-0.15, -0.1) is 5.10 Å². The van der Waals surface area contributed by atoms with E-state index in [1.165, 1.54) is 5.69 Å². The van der Waals surface area contributed by atoms with Crippen molar-refractivity contribution in [3.8, 4) is 5.75 Å². The second kappa shape index (κ2) is 8.32. The molecule has 1 aromatic carbocycles. The highest BCUT2D eigenvalue weighted by Crippen LogP contribution is 2.21. The van der Waals surface area contributed by atoms with Crippen molar-refractivity contribution >= 4 is 23.8 Å². The average molecular weight is 404 g/mol. The van der Waals surface area contributed by atoms with Crippen LogP contribution in [0.2, 0.25) is 0 Å². The predicted molar refractivity (Wildman–Crippen MR) is 107 cm³/mol. The lowest BCUT2D eigenvalue weighted by Crippen LogP contribution is -2.47. The number of benzene rings is 1. The van der Waals surface area contributed by atoms with Crippen LogP contribution in [-0.2, 0) is 18.0 Å². The molecule has 8 nitrogen and oxygen atoms in total. The topological polar surface area (TPSA) is 67.0 Å². The van der Waals surface area contributed by atoms with Crippen LogP contribution >= 0.6 is 12.2 Å². The predicted octanol–water partition coefficient (Wildman–Crippen LogP) is 2.12. The van der Waals surface area contributed by atoms with E-state index in [1.54, 1.807) is 16.7 Å². The van der Waals surface area contributed by atoms with Gasteiger partial charge in [0.2, 0.25) is 11.8 Å². The monoisotopic (exact) mass is 403 g/mol. The summed E-state index contributed by atoms with van der Waals surface area (Å²) in [5.74, 6) is 1.54. The number of rotatable bonds is 6. The number of piperazine rings is 1. The molecule has 9 heteroatoms. The Morgan fingerprint density at radius 1 is 1.14 bits per heavy atom. The van der Waals surface area contributed by atoms with Crippen LogP contribution in [0.1, 0.15) is 18.7 Å². The number of ether oxygens (including phenoxy) is 1. The Morgan fingerprint density at radius 2 is 1.89 bits per heavy atom. The molecule has 2 aliphatic rings. The number of hydrogen-bond acceptors (Lipinski definition) is 7. The Morgan fingerprint density at radius 3 is 2.54 bits per heavy atom. The molecule has 28 heavy (non-hydrogen) atoms. The fraction of sp³-hybridized carbons (Fsp3) is 0.526. The van der Waals surface area contributed by atoms with Gasteiger partial charge in [0.05, 0.1) is 20.3 Å². The second-order valence-electron chi connectivity index (χ2n) is 7.12. The maximum absolute atomic E-state index is 11.8. The second-order valence-corrected chi connectivity index (χ2v) is 7.47. The highest BCUT2D eigenvalue weighted by atomic mass is 32.1. The molecule has 0 radical (unpaired) electrons. The largest absolute Gasteiger partial charge is 0.497 e. The first-order chi connectivity index (χ1) is 13.6. The van der Waals surface area contributed by atoms with Crippen molar-refractivity contribution < 1.29 is 13.9 Å². The van der Waals surface area contributed by atoms with Crippen molar-refractivity contribution in [1.82, 2.24) is 19.6 Å². The van der Waals surface area contributed by atoms with E-state index in [2.05, 4.69) is 27.0 Å². The van der Waals surface area contributed by atoms with Crippen molar-refractivity contribution in [2.75, 3.05) is 44.7 Å². The van der Waals surface area contributed by atoms with Crippen molar-refractivity contribution in [3.63, 3.8) is 0 Å². The molecule has 0 N–H and O–H groups in total. The van der Waals surface area contributed by atoms with Crippen LogP contribution in [0.3, 0.4) is 0 Å². The van der Waals surface area contributed by atoms with E-state index in [0.29, 0.717) is 30.4 Å². The first kappa shape index (κ1) is 18.9. The fourth-order valence-corrected chi connectivity index (χ4v) is 3.86. The zero-order chi connectivity index (χ0) is 19.5. The van der Waals surface area contributed by atoms with Crippen LogP contribution in [0.15, 0.2) is 28.7 Å². The summed E-state index contributed by atoms with van der Waals surface area (Å²) in [6.45, 7) is 5.48. The summed E-state index contributed by atoms with van der Waals surface area (Å²) in [5, 5.41) is 4.48.